The van der Waals surface area contributed by atoms with Gasteiger partial charge in [0.2, 0.25) is 0 Å². The molecule has 0 atom stereocenters. The van der Waals surface area contributed by atoms with Crippen molar-refractivity contribution < 1.29 is 0 Å². The zero-order valence-electron chi connectivity index (χ0n) is 8.83. The van der Waals surface area contributed by atoms with Crippen LogP contribution in [0.4, 0.5) is 0 Å². The van der Waals surface area contributed by atoms with Crippen molar-refractivity contribution in [1.29, 1.82) is 0 Å². The topological polar surface area (TPSA) is 68.9 Å². The van der Waals surface area contributed by atoms with Crippen LogP contribution in [0.3, 0.4) is 0 Å². The average molecular weight is 267 g/mol. The Morgan fingerprint density at radius 3 is 3.00 bits per heavy atom. The van der Waals surface area contributed by atoms with E-state index in [1.807, 2.05) is 6.92 Å². The van der Waals surface area contributed by atoms with Gasteiger partial charge < -0.3 is 0 Å². The van der Waals surface area contributed by atoms with Crippen LogP contribution in [0.5, 0.6) is 0 Å². The SMILES string of the molecule is CCc1nnsc1-c1nnc2ccc(Cl)nn12. The molecule has 86 valence electrons. The molecule has 8 heteroatoms. The predicted molar refractivity (Wildman–Crippen MR) is 64.1 cm³/mol. The van der Waals surface area contributed by atoms with Crippen LogP contribution < -0.4 is 0 Å². The average Bonchev–Trinajstić information content (AvgIpc) is 2.93. The maximum Gasteiger partial charge on any atom is 0.198 e. The molecule has 0 fully saturated rings. The standard InChI is InChI=1S/C9H7ClN6S/c1-2-5-8(17-15-11-5)9-13-12-7-4-3-6(10)14-16(7)9/h3-4H,2H2,1H3. The Morgan fingerprint density at radius 2 is 2.18 bits per heavy atom. The largest absolute Gasteiger partial charge is 0.198 e. The monoisotopic (exact) mass is 266 g/mol. The summed E-state index contributed by atoms with van der Waals surface area (Å²) in [4.78, 5) is 0.884. The smallest absolute Gasteiger partial charge is 0.190 e. The highest BCUT2D eigenvalue weighted by Crippen LogP contribution is 2.24. The van der Waals surface area contributed by atoms with E-state index in [0.717, 1.165) is 17.0 Å². The minimum Gasteiger partial charge on any atom is -0.190 e. The van der Waals surface area contributed by atoms with Gasteiger partial charge in [0.15, 0.2) is 11.5 Å². The van der Waals surface area contributed by atoms with Crippen molar-refractivity contribution in [3.8, 4) is 10.7 Å². The first-order chi connectivity index (χ1) is 8.29. The summed E-state index contributed by atoms with van der Waals surface area (Å²) in [5.74, 6) is 0.634. The van der Waals surface area contributed by atoms with E-state index in [4.69, 9.17) is 11.6 Å². The second kappa shape index (κ2) is 4.01. The number of nitrogens with zero attached hydrogens (tertiary/aromatic N) is 6. The molecule has 0 saturated heterocycles. The van der Waals surface area contributed by atoms with Crippen LogP contribution in [0.15, 0.2) is 12.1 Å². The molecule has 6 nitrogen and oxygen atoms in total. The van der Waals surface area contributed by atoms with Gasteiger partial charge in [0, 0.05) is 0 Å². The van der Waals surface area contributed by atoms with Gasteiger partial charge in [-0.25, -0.2) is 0 Å². The molecule has 0 aliphatic rings. The Kier molecular flexibility index (Phi) is 2.49. The molecule has 0 spiro atoms. The van der Waals surface area contributed by atoms with Crippen LogP contribution in [0.1, 0.15) is 12.6 Å². The van der Waals surface area contributed by atoms with Crippen molar-refractivity contribution in [2.45, 2.75) is 13.3 Å². The van der Waals surface area contributed by atoms with Crippen LogP contribution in [0, 0.1) is 0 Å². The highest BCUT2D eigenvalue weighted by molar-refractivity contribution is 7.09. The lowest BCUT2D eigenvalue weighted by atomic mass is 10.3. The van der Waals surface area contributed by atoms with E-state index in [0.29, 0.717) is 16.6 Å². The summed E-state index contributed by atoms with van der Waals surface area (Å²) in [7, 11) is 0. The van der Waals surface area contributed by atoms with E-state index >= 15 is 0 Å². The lowest BCUT2D eigenvalue weighted by Crippen LogP contribution is -1.95. The van der Waals surface area contributed by atoms with Crippen LogP contribution >= 0.6 is 23.1 Å². The van der Waals surface area contributed by atoms with Crippen molar-refractivity contribution in [3.63, 3.8) is 0 Å². The van der Waals surface area contributed by atoms with Gasteiger partial charge in [-0.1, -0.05) is 23.0 Å². The molecule has 17 heavy (non-hydrogen) atoms. The first-order valence-corrected chi connectivity index (χ1v) is 6.14. The number of fused-ring (bicyclic) bond motifs is 1. The Hall–Kier alpha value is -1.60. The number of aromatic nitrogens is 6. The summed E-state index contributed by atoms with van der Waals surface area (Å²) >= 11 is 7.15. The second-order valence-electron chi connectivity index (χ2n) is 3.35. The molecular weight excluding hydrogens is 260 g/mol. The third-order valence-corrected chi connectivity index (χ3v) is 3.29. The van der Waals surface area contributed by atoms with Gasteiger partial charge >= 0.3 is 0 Å². The maximum absolute atomic E-state index is 5.87. The van der Waals surface area contributed by atoms with Crippen LogP contribution in [0.2, 0.25) is 5.15 Å². The van der Waals surface area contributed by atoms with Crippen LogP contribution in [0.25, 0.3) is 16.3 Å². The van der Waals surface area contributed by atoms with Crippen molar-refractivity contribution in [3.05, 3.63) is 23.0 Å². The summed E-state index contributed by atoms with van der Waals surface area (Å²) in [6.07, 6.45) is 0.793. The molecule has 0 bridgehead atoms. The fourth-order valence-electron chi connectivity index (χ4n) is 1.52. The fraction of sp³-hybridized carbons (Fsp3) is 0.222. The highest BCUT2D eigenvalue weighted by atomic mass is 35.5. The second-order valence-corrected chi connectivity index (χ2v) is 4.49. The third-order valence-electron chi connectivity index (χ3n) is 2.32. The molecule has 0 unspecified atom stereocenters. The first kappa shape index (κ1) is 10.5. The van der Waals surface area contributed by atoms with Gasteiger partial charge in [-0.05, 0) is 30.1 Å². The molecule has 3 aromatic heterocycles. The molecule has 0 amide bonds. The van der Waals surface area contributed by atoms with E-state index in [1.165, 1.54) is 11.5 Å². The Morgan fingerprint density at radius 1 is 1.29 bits per heavy atom. The molecule has 0 aliphatic carbocycles. The summed E-state index contributed by atoms with van der Waals surface area (Å²) in [5, 5.41) is 16.8. The Labute approximate surface area is 105 Å². The molecule has 0 aromatic carbocycles. The Balaban J connectivity index is 2.27. The molecule has 0 N–H and O–H groups in total. The Bertz CT molecular complexity index is 675. The van der Waals surface area contributed by atoms with E-state index in [1.54, 1.807) is 16.6 Å². The van der Waals surface area contributed by atoms with E-state index in [2.05, 4.69) is 24.9 Å². The number of hydrogen-bond donors (Lipinski definition) is 0. The predicted octanol–water partition coefficient (Wildman–Crippen LogP) is 1.86. The van der Waals surface area contributed by atoms with Gasteiger partial charge in [0.1, 0.15) is 10.0 Å². The van der Waals surface area contributed by atoms with Gasteiger partial charge in [-0.3, -0.25) is 0 Å². The molecular formula is C9H7ClN6S. The van der Waals surface area contributed by atoms with E-state index < -0.39 is 0 Å². The van der Waals surface area contributed by atoms with Crippen molar-refractivity contribution in [1.82, 2.24) is 29.4 Å². The number of halogens is 1. The van der Waals surface area contributed by atoms with Gasteiger partial charge in [0.05, 0.1) is 5.69 Å². The van der Waals surface area contributed by atoms with Gasteiger partial charge in [0.25, 0.3) is 0 Å². The molecule has 0 saturated carbocycles. The summed E-state index contributed by atoms with van der Waals surface area (Å²) in [6, 6.07) is 3.45. The minimum absolute atomic E-state index is 0.397. The van der Waals surface area contributed by atoms with Crippen LogP contribution in [-0.4, -0.2) is 29.4 Å². The molecule has 3 rings (SSSR count). The molecule has 0 aliphatic heterocycles. The van der Waals surface area contributed by atoms with E-state index in [9.17, 15) is 0 Å². The normalized spacial score (nSPS) is 11.2. The lowest BCUT2D eigenvalue weighted by molar-refractivity contribution is 0.929. The summed E-state index contributed by atoms with van der Waals surface area (Å²) in [6.45, 7) is 2.02. The molecule has 3 aromatic rings. The summed E-state index contributed by atoms with van der Waals surface area (Å²) in [5.41, 5.74) is 1.55. The van der Waals surface area contributed by atoms with Gasteiger partial charge in [-0.15, -0.1) is 15.3 Å². The summed E-state index contributed by atoms with van der Waals surface area (Å²) < 4.78 is 5.54. The first-order valence-electron chi connectivity index (χ1n) is 4.99. The minimum atomic E-state index is 0.397. The quantitative estimate of drug-likeness (QED) is 0.708. The third kappa shape index (κ3) is 1.67. The lowest BCUT2D eigenvalue weighted by Gasteiger charge is -1.97. The van der Waals surface area contributed by atoms with Crippen molar-refractivity contribution in [2.24, 2.45) is 0 Å². The highest BCUT2D eigenvalue weighted by Gasteiger charge is 2.16. The number of hydrogen-bond acceptors (Lipinski definition) is 6. The molecule has 3 heterocycles. The number of rotatable bonds is 2. The maximum atomic E-state index is 5.87. The van der Waals surface area contributed by atoms with E-state index in [-0.39, 0.29) is 0 Å². The number of aryl methyl sites for hydroxylation is 1. The van der Waals surface area contributed by atoms with Gasteiger partial charge in [-0.2, -0.15) is 9.61 Å². The fourth-order valence-corrected chi connectivity index (χ4v) is 2.38. The van der Waals surface area contributed by atoms with Crippen molar-refractivity contribution in [2.75, 3.05) is 0 Å². The van der Waals surface area contributed by atoms with Crippen LogP contribution in [-0.2, 0) is 6.42 Å². The zero-order chi connectivity index (χ0) is 11.8. The zero-order valence-corrected chi connectivity index (χ0v) is 10.4. The van der Waals surface area contributed by atoms with Crippen molar-refractivity contribution >= 4 is 28.8 Å². The molecule has 0 radical (unpaired) electrons.